The fraction of sp³-hybridized carbons (Fsp3) is 0. The molecular formula is C38H32N4O2. The van der Waals surface area contributed by atoms with Crippen molar-refractivity contribution in [2.75, 3.05) is 10.6 Å². The van der Waals surface area contributed by atoms with Gasteiger partial charge >= 0.3 is 0 Å². The van der Waals surface area contributed by atoms with Gasteiger partial charge in [0.15, 0.2) is 0 Å². The topological polar surface area (TPSA) is 89.2 Å². The van der Waals surface area contributed by atoms with Gasteiger partial charge in [-0.3, -0.25) is 9.98 Å². The maximum atomic E-state index is 9.70. The van der Waals surface area contributed by atoms with E-state index in [1.807, 2.05) is 133 Å². The Balaban J connectivity index is 0.000000175. The zero-order valence-electron chi connectivity index (χ0n) is 24.0. The van der Waals surface area contributed by atoms with Crippen molar-refractivity contribution in [2.24, 2.45) is 9.98 Å². The van der Waals surface area contributed by atoms with E-state index >= 15 is 0 Å². The van der Waals surface area contributed by atoms with E-state index in [-0.39, 0.29) is 11.5 Å². The van der Waals surface area contributed by atoms with E-state index in [1.54, 1.807) is 36.7 Å². The summed E-state index contributed by atoms with van der Waals surface area (Å²) in [6.45, 7) is 0. The first kappa shape index (κ1) is 29.4. The molecule has 0 bridgehead atoms. The Bertz CT molecular complexity index is 1670. The van der Waals surface area contributed by atoms with Gasteiger partial charge in [-0.05, 0) is 97.1 Å². The molecule has 0 aromatic heterocycles. The summed E-state index contributed by atoms with van der Waals surface area (Å²) in [7, 11) is 0. The number of nitrogens with one attached hydrogen (secondary N) is 2. The van der Waals surface area contributed by atoms with E-state index in [1.165, 1.54) is 0 Å². The third-order valence-electron chi connectivity index (χ3n) is 6.44. The lowest BCUT2D eigenvalue weighted by Gasteiger charge is -2.06. The number of phenolic OH excluding ortho intramolecular Hbond substituents is 2. The van der Waals surface area contributed by atoms with Crippen LogP contribution in [-0.4, -0.2) is 22.6 Å². The summed E-state index contributed by atoms with van der Waals surface area (Å²) >= 11 is 0. The molecule has 44 heavy (non-hydrogen) atoms. The number of aromatic hydroxyl groups is 2. The molecule has 0 spiro atoms. The van der Waals surface area contributed by atoms with Crippen molar-refractivity contribution in [3.63, 3.8) is 0 Å². The quantitative estimate of drug-likeness (QED) is 0.136. The molecule has 216 valence electrons. The molecule has 0 atom stereocenters. The number of hydrogen-bond acceptors (Lipinski definition) is 6. The summed E-state index contributed by atoms with van der Waals surface area (Å²) < 4.78 is 0. The van der Waals surface area contributed by atoms with Crippen molar-refractivity contribution >= 4 is 46.6 Å². The van der Waals surface area contributed by atoms with Crippen LogP contribution in [0.1, 0.15) is 11.1 Å². The number of nitrogens with zero attached hydrogens (tertiary/aromatic N) is 2. The molecule has 0 aliphatic carbocycles. The normalized spacial score (nSPS) is 10.7. The lowest BCUT2D eigenvalue weighted by atomic mass is 10.2. The van der Waals surface area contributed by atoms with Crippen LogP contribution in [0.15, 0.2) is 168 Å². The highest BCUT2D eigenvalue weighted by atomic mass is 16.3. The van der Waals surface area contributed by atoms with Gasteiger partial charge in [-0.25, -0.2) is 0 Å². The number of benzene rings is 6. The first-order valence-electron chi connectivity index (χ1n) is 14.1. The lowest BCUT2D eigenvalue weighted by Crippen LogP contribution is -1.88. The van der Waals surface area contributed by atoms with Crippen LogP contribution in [0.4, 0.5) is 34.1 Å². The van der Waals surface area contributed by atoms with Crippen molar-refractivity contribution in [1.29, 1.82) is 0 Å². The summed E-state index contributed by atoms with van der Waals surface area (Å²) in [4.78, 5) is 8.75. The number of aliphatic imine (C=N–C) groups is 2. The van der Waals surface area contributed by atoms with E-state index < -0.39 is 0 Å². The fourth-order valence-corrected chi connectivity index (χ4v) is 4.12. The van der Waals surface area contributed by atoms with Gasteiger partial charge in [-0.1, -0.05) is 60.7 Å². The molecule has 0 saturated carbocycles. The van der Waals surface area contributed by atoms with Crippen LogP contribution < -0.4 is 10.6 Å². The summed E-state index contributed by atoms with van der Waals surface area (Å²) in [6.07, 6.45) is 3.32. The van der Waals surface area contributed by atoms with Gasteiger partial charge < -0.3 is 20.8 Å². The van der Waals surface area contributed by atoms with Crippen molar-refractivity contribution in [3.8, 4) is 11.5 Å². The minimum Gasteiger partial charge on any atom is -0.507 e. The van der Waals surface area contributed by atoms with Crippen LogP contribution in [0.25, 0.3) is 0 Å². The highest BCUT2D eigenvalue weighted by Crippen LogP contribution is 2.22. The maximum Gasteiger partial charge on any atom is 0.124 e. The fourth-order valence-electron chi connectivity index (χ4n) is 4.12. The van der Waals surface area contributed by atoms with Gasteiger partial charge in [0.05, 0.1) is 11.4 Å². The van der Waals surface area contributed by atoms with E-state index in [0.717, 1.165) is 34.1 Å². The summed E-state index contributed by atoms with van der Waals surface area (Å²) in [5, 5.41) is 26.0. The van der Waals surface area contributed by atoms with E-state index in [9.17, 15) is 10.2 Å². The second-order valence-electron chi connectivity index (χ2n) is 9.71. The Labute approximate surface area is 257 Å². The molecule has 0 fully saturated rings. The molecule has 0 radical (unpaired) electrons. The van der Waals surface area contributed by atoms with Gasteiger partial charge in [-0.15, -0.1) is 0 Å². The predicted molar refractivity (Wildman–Crippen MR) is 183 cm³/mol. The Morgan fingerprint density at radius 2 is 0.682 bits per heavy atom. The first-order valence-corrected chi connectivity index (χ1v) is 14.1. The summed E-state index contributed by atoms with van der Waals surface area (Å²) in [6, 6.07) is 49.9. The van der Waals surface area contributed by atoms with E-state index in [2.05, 4.69) is 20.6 Å². The van der Waals surface area contributed by atoms with Crippen LogP contribution in [-0.2, 0) is 0 Å². The van der Waals surface area contributed by atoms with Gasteiger partial charge in [0, 0.05) is 46.3 Å². The third kappa shape index (κ3) is 8.93. The second kappa shape index (κ2) is 15.2. The molecule has 0 heterocycles. The Hall–Kier alpha value is -6.14. The molecule has 4 N–H and O–H groups in total. The minimum atomic E-state index is 0.230. The van der Waals surface area contributed by atoms with Gasteiger partial charge in [-0.2, -0.15) is 0 Å². The molecule has 0 saturated heterocycles. The van der Waals surface area contributed by atoms with Crippen molar-refractivity contribution in [3.05, 3.63) is 169 Å². The van der Waals surface area contributed by atoms with Gasteiger partial charge in [0.1, 0.15) is 11.5 Å². The Morgan fingerprint density at radius 1 is 0.364 bits per heavy atom. The minimum absolute atomic E-state index is 0.230. The maximum absolute atomic E-state index is 9.70. The van der Waals surface area contributed by atoms with Crippen molar-refractivity contribution in [1.82, 2.24) is 0 Å². The molecule has 6 heteroatoms. The van der Waals surface area contributed by atoms with E-state index in [0.29, 0.717) is 11.1 Å². The van der Waals surface area contributed by atoms with E-state index in [4.69, 9.17) is 0 Å². The average molecular weight is 577 g/mol. The second-order valence-corrected chi connectivity index (χ2v) is 9.71. The van der Waals surface area contributed by atoms with Crippen molar-refractivity contribution in [2.45, 2.75) is 0 Å². The largest absolute Gasteiger partial charge is 0.507 e. The number of anilines is 4. The molecule has 0 amide bonds. The number of rotatable bonds is 8. The van der Waals surface area contributed by atoms with Crippen LogP contribution >= 0.6 is 0 Å². The standard InChI is InChI=1S/2C19H16N2O/c2*22-19-9-5-4-6-15(19)14-20-16-10-12-18(13-11-16)21-17-7-2-1-3-8-17/h2*1-14,21-22H. The van der Waals surface area contributed by atoms with Gasteiger partial charge in [0.25, 0.3) is 0 Å². The Kier molecular flexibility index (Phi) is 10.1. The SMILES string of the molecule is Oc1ccccc1C=Nc1ccc(Nc2ccccc2)cc1.Oc1ccccc1C=Nc1ccc(Nc2ccccc2)cc1. The molecule has 0 aliphatic rings. The monoisotopic (exact) mass is 576 g/mol. The Morgan fingerprint density at radius 3 is 1.05 bits per heavy atom. The van der Waals surface area contributed by atoms with Gasteiger partial charge in [0.2, 0.25) is 0 Å². The van der Waals surface area contributed by atoms with Crippen LogP contribution in [0.3, 0.4) is 0 Å². The zero-order valence-corrected chi connectivity index (χ0v) is 24.0. The first-order chi connectivity index (χ1) is 21.6. The zero-order chi connectivity index (χ0) is 30.4. The summed E-state index contributed by atoms with van der Waals surface area (Å²) in [5.74, 6) is 0.460. The molecular weight excluding hydrogens is 544 g/mol. The molecule has 6 nitrogen and oxygen atoms in total. The molecule has 0 aliphatic heterocycles. The highest BCUT2D eigenvalue weighted by Gasteiger charge is 1.98. The predicted octanol–water partition coefficient (Wildman–Crippen LogP) is 9.77. The molecule has 6 rings (SSSR count). The average Bonchev–Trinajstić information content (AvgIpc) is 3.07. The molecule has 0 unspecified atom stereocenters. The smallest absolute Gasteiger partial charge is 0.124 e. The lowest BCUT2D eigenvalue weighted by molar-refractivity contribution is 0.474. The van der Waals surface area contributed by atoms with Crippen LogP contribution in [0.5, 0.6) is 11.5 Å². The number of para-hydroxylation sites is 4. The summed E-state index contributed by atoms with van der Waals surface area (Å²) in [5.41, 5.74) is 7.19. The highest BCUT2D eigenvalue weighted by molar-refractivity contribution is 5.86. The third-order valence-corrected chi connectivity index (χ3v) is 6.44. The number of phenols is 2. The molecule has 6 aromatic rings. The number of hydrogen-bond donors (Lipinski definition) is 4. The van der Waals surface area contributed by atoms with Crippen LogP contribution in [0.2, 0.25) is 0 Å². The van der Waals surface area contributed by atoms with Crippen LogP contribution in [0, 0.1) is 0 Å². The molecule has 6 aromatic carbocycles. The van der Waals surface area contributed by atoms with Crippen molar-refractivity contribution < 1.29 is 10.2 Å².